The van der Waals surface area contributed by atoms with E-state index in [-0.39, 0.29) is 15.6 Å². The van der Waals surface area contributed by atoms with Crippen LogP contribution in [0.25, 0.3) is 11.1 Å². The van der Waals surface area contributed by atoms with Crippen molar-refractivity contribution in [3.8, 4) is 16.9 Å². The second-order valence-corrected chi connectivity index (χ2v) is 9.46. The van der Waals surface area contributed by atoms with Crippen molar-refractivity contribution in [2.24, 2.45) is 0 Å². The Balaban J connectivity index is 2.81. The Bertz CT molecular complexity index is 674. The number of phenols is 1. The molecule has 0 aliphatic rings. The lowest BCUT2D eigenvalue weighted by molar-refractivity contribution is 0.423. The third-order valence-electron chi connectivity index (χ3n) is 3.55. The van der Waals surface area contributed by atoms with E-state index in [4.69, 9.17) is 0 Å². The third-order valence-corrected chi connectivity index (χ3v) is 5.38. The highest BCUT2D eigenvalue weighted by molar-refractivity contribution is 7.68. The summed E-state index contributed by atoms with van der Waals surface area (Å²) in [5, 5.41) is 12.6. The topological polar surface area (TPSA) is 37.3 Å². The van der Waals surface area contributed by atoms with Crippen molar-refractivity contribution in [3.63, 3.8) is 0 Å². The molecule has 1 N–H and O–H groups in total. The van der Waals surface area contributed by atoms with Crippen LogP contribution in [0.15, 0.2) is 22.3 Å². The van der Waals surface area contributed by atoms with Gasteiger partial charge in [0.25, 0.3) is 4.74 Å². The highest BCUT2D eigenvalue weighted by Crippen LogP contribution is 2.41. The third kappa shape index (κ3) is 3.22. The summed E-state index contributed by atoms with van der Waals surface area (Å²) in [5.74, 6) is 0.352. The standard InChI is InChI=1S/C17H22O2S2/c1-16(2,3)12-7-10(11-9-20-21-15(11)19)8-13(14(12)18)17(4,5)6/h7-9,18H,1-6H3. The molecular formula is C17H22O2S2. The molecule has 1 aromatic carbocycles. The molecule has 4 heteroatoms. The SMILES string of the molecule is CC(C)(C)c1cc(-c2cssc2=O)cc(C(C)(C)C)c1O. The highest BCUT2D eigenvalue weighted by atomic mass is 32.9. The lowest BCUT2D eigenvalue weighted by atomic mass is 9.78. The quantitative estimate of drug-likeness (QED) is 0.738. The monoisotopic (exact) mass is 322 g/mol. The van der Waals surface area contributed by atoms with E-state index in [1.54, 1.807) is 0 Å². The molecule has 0 aliphatic heterocycles. The van der Waals surface area contributed by atoms with Crippen LogP contribution in [-0.2, 0) is 10.8 Å². The molecule has 0 bridgehead atoms. The summed E-state index contributed by atoms with van der Waals surface area (Å²) in [6.07, 6.45) is 0. The molecule has 0 aliphatic carbocycles. The lowest BCUT2D eigenvalue weighted by Gasteiger charge is -2.28. The Hall–Kier alpha value is -1.13. The number of phenolic OH excluding ortho intramolecular Hbond substituents is 1. The molecule has 0 unspecified atom stereocenters. The molecule has 0 radical (unpaired) electrons. The molecular weight excluding hydrogens is 300 g/mol. The fourth-order valence-electron chi connectivity index (χ4n) is 2.33. The molecule has 0 amide bonds. The summed E-state index contributed by atoms with van der Waals surface area (Å²) in [4.78, 5) is 12.0. The molecule has 0 saturated heterocycles. The highest BCUT2D eigenvalue weighted by Gasteiger charge is 2.27. The van der Waals surface area contributed by atoms with Gasteiger partial charge < -0.3 is 5.11 Å². The van der Waals surface area contributed by atoms with E-state index in [2.05, 4.69) is 41.5 Å². The maximum atomic E-state index is 12.0. The van der Waals surface area contributed by atoms with Gasteiger partial charge in [0.1, 0.15) is 5.75 Å². The van der Waals surface area contributed by atoms with Crippen LogP contribution in [0.5, 0.6) is 5.75 Å². The summed E-state index contributed by atoms with van der Waals surface area (Å²) in [6.45, 7) is 12.5. The second kappa shape index (κ2) is 5.25. The smallest absolute Gasteiger partial charge is 0.250 e. The average molecular weight is 322 g/mol. The van der Waals surface area contributed by atoms with Gasteiger partial charge in [-0.3, -0.25) is 4.79 Å². The Labute approximate surface area is 133 Å². The van der Waals surface area contributed by atoms with Crippen molar-refractivity contribution in [2.45, 2.75) is 52.4 Å². The van der Waals surface area contributed by atoms with Crippen molar-refractivity contribution in [1.29, 1.82) is 0 Å². The molecule has 2 nitrogen and oxygen atoms in total. The van der Waals surface area contributed by atoms with Gasteiger partial charge in [0.05, 0.1) is 5.56 Å². The minimum atomic E-state index is -0.178. The van der Waals surface area contributed by atoms with Crippen LogP contribution < -0.4 is 4.74 Å². The Morgan fingerprint density at radius 2 is 1.43 bits per heavy atom. The zero-order valence-electron chi connectivity index (χ0n) is 13.4. The summed E-state index contributed by atoms with van der Waals surface area (Å²) in [5.41, 5.74) is 3.07. The predicted octanol–water partition coefficient (Wildman–Crippen LogP) is 5.14. The van der Waals surface area contributed by atoms with Crippen LogP contribution in [0.1, 0.15) is 52.7 Å². The molecule has 1 heterocycles. The second-order valence-electron chi connectivity index (χ2n) is 7.42. The average Bonchev–Trinajstić information content (AvgIpc) is 2.72. The minimum Gasteiger partial charge on any atom is -0.507 e. The molecule has 0 spiro atoms. The van der Waals surface area contributed by atoms with E-state index in [9.17, 15) is 9.90 Å². The summed E-state index contributed by atoms with van der Waals surface area (Å²) in [7, 11) is 2.71. The van der Waals surface area contributed by atoms with Crippen LogP contribution >= 0.6 is 20.7 Å². The van der Waals surface area contributed by atoms with Gasteiger partial charge in [-0.1, -0.05) is 51.9 Å². The number of benzene rings is 1. The molecule has 0 fully saturated rings. The van der Waals surface area contributed by atoms with Crippen LogP contribution in [0.2, 0.25) is 0 Å². The van der Waals surface area contributed by atoms with Crippen LogP contribution in [0.3, 0.4) is 0 Å². The molecule has 1 aromatic heterocycles. The fraction of sp³-hybridized carbons (Fsp3) is 0.471. The van der Waals surface area contributed by atoms with Gasteiger partial charge >= 0.3 is 0 Å². The molecule has 2 rings (SSSR count). The first kappa shape index (κ1) is 16.2. The van der Waals surface area contributed by atoms with E-state index in [1.807, 2.05) is 17.5 Å². The van der Waals surface area contributed by atoms with Gasteiger partial charge in [0, 0.05) is 16.5 Å². The molecule has 114 valence electrons. The van der Waals surface area contributed by atoms with Crippen molar-refractivity contribution in [2.75, 3.05) is 0 Å². The van der Waals surface area contributed by atoms with Crippen LogP contribution in [0, 0.1) is 0 Å². The Morgan fingerprint density at radius 1 is 0.952 bits per heavy atom. The van der Waals surface area contributed by atoms with E-state index >= 15 is 0 Å². The largest absolute Gasteiger partial charge is 0.507 e. The Morgan fingerprint density at radius 3 is 1.76 bits per heavy atom. The van der Waals surface area contributed by atoms with E-state index < -0.39 is 0 Å². The van der Waals surface area contributed by atoms with Gasteiger partial charge in [-0.2, -0.15) is 0 Å². The first-order valence-corrected chi connectivity index (χ1v) is 9.19. The van der Waals surface area contributed by atoms with Gasteiger partial charge in [-0.05, 0) is 38.9 Å². The van der Waals surface area contributed by atoms with E-state index in [1.165, 1.54) is 20.7 Å². The first-order valence-electron chi connectivity index (χ1n) is 6.98. The Kier molecular flexibility index (Phi) is 4.06. The molecule has 2 aromatic rings. The normalized spacial score (nSPS) is 12.7. The number of rotatable bonds is 1. The molecule has 21 heavy (non-hydrogen) atoms. The van der Waals surface area contributed by atoms with Crippen molar-refractivity contribution < 1.29 is 5.11 Å². The van der Waals surface area contributed by atoms with Gasteiger partial charge in [0.15, 0.2) is 0 Å². The predicted molar refractivity (Wildman–Crippen MR) is 93.0 cm³/mol. The lowest BCUT2D eigenvalue weighted by Crippen LogP contribution is -2.17. The van der Waals surface area contributed by atoms with Crippen LogP contribution in [-0.4, -0.2) is 5.11 Å². The first-order chi connectivity index (χ1) is 9.51. The van der Waals surface area contributed by atoms with Crippen LogP contribution in [0.4, 0.5) is 0 Å². The zero-order valence-corrected chi connectivity index (χ0v) is 15.0. The maximum Gasteiger partial charge on any atom is 0.250 e. The van der Waals surface area contributed by atoms with E-state index in [0.29, 0.717) is 5.75 Å². The zero-order chi connectivity index (χ0) is 16.0. The molecule has 0 atom stereocenters. The molecule has 0 saturated carbocycles. The van der Waals surface area contributed by atoms with Crippen molar-refractivity contribution >= 4 is 20.7 Å². The van der Waals surface area contributed by atoms with Gasteiger partial charge in [-0.15, -0.1) is 0 Å². The van der Waals surface area contributed by atoms with Crippen molar-refractivity contribution in [1.82, 2.24) is 0 Å². The summed E-state index contributed by atoms with van der Waals surface area (Å²) >= 11 is 0. The minimum absolute atomic E-state index is 0.0883. The number of hydrogen-bond acceptors (Lipinski definition) is 4. The fourth-order valence-corrected chi connectivity index (χ4v) is 4.11. The van der Waals surface area contributed by atoms with Gasteiger partial charge in [0.2, 0.25) is 0 Å². The summed E-state index contributed by atoms with van der Waals surface area (Å²) < 4.78 is 0.0883. The van der Waals surface area contributed by atoms with Crippen molar-refractivity contribution in [3.05, 3.63) is 38.2 Å². The summed E-state index contributed by atoms with van der Waals surface area (Å²) in [6, 6.07) is 3.92. The number of aromatic hydroxyl groups is 1. The van der Waals surface area contributed by atoms with E-state index in [0.717, 1.165) is 22.3 Å². The van der Waals surface area contributed by atoms with Gasteiger partial charge in [-0.25, -0.2) is 0 Å². The maximum absolute atomic E-state index is 12.0. The number of hydrogen-bond donors (Lipinski definition) is 1.